The highest BCUT2D eigenvalue weighted by Gasteiger charge is 2.17. The normalized spacial score (nSPS) is 14.3. The van der Waals surface area contributed by atoms with Crippen LogP contribution in [0.5, 0.6) is 0 Å². The zero-order chi connectivity index (χ0) is 19.9. The molecule has 6 heteroatoms. The van der Waals surface area contributed by atoms with Crippen LogP contribution in [-0.2, 0) is 9.59 Å². The predicted octanol–water partition coefficient (Wildman–Crippen LogP) is 2.98. The first-order chi connectivity index (χ1) is 13.6. The van der Waals surface area contributed by atoms with Gasteiger partial charge in [0.2, 0.25) is 5.91 Å². The van der Waals surface area contributed by atoms with E-state index in [1.807, 2.05) is 42.5 Å². The number of nitrogens with zero attached hydrogens (tertiary/aromatic N) is 2. The summed E-state index contributed by atoms with van der Waals surface area (Å²) in [7, 11) is 0. The van der Waals surface area contributed by atoms with E-state index in [-0.39, 0.29) is 12.1 Å². The first kappa shape index (κ1) is 18.7. The molecule has 0 atom stereocenters. The van der Waals surface area contributed by atoms with Crippen LogP contribution in [0.25, 0.3) is 5.57 Å². The molecule has 3 rings (SSSR count). The molecule has 28 heavy (non-hydrogen) atoms. The average molecular weight is 370 g/mol. The maximum absolute atomic E-state index is 12.3. The lowest BCUT2D eigenvalue weighted by Crippen LogP contribution is -2.31. The standard InChI is InChI=1S/C22H18N4O2/c23-14-17(22(28)25-18-6-2-1-3-7-18)11-10-16-12-13-26(15-21(24)27)20-9-5-4-8-19(16)20/h1-13H,15H2,(H2,24,27)(H,25,28). The molecule has 0 aromatic heterocycles. The molecule has 2 aromatic rings. The molecule has 0 unspecified atom stereocenters. The number of fused-ring (bicyclic) bond motifs is 1. The van der Waals surface area contributed by atoms with Crippen LogP contribution in [0.2, 0.25) is 0 Å². The Balaban J connectivity index is 1.86. The van der Waals surface area contributed by atoms with Gasteiger partial charge in [0.25, 0.3) is 5.91 Å². The molecular weight excluding hydrogens is 352 g/mol. The Morgan fingerprint density at radius 1 is 1.11 bits per heavy atom. The van der Waals surface area contributed by atoms with Crippen molar-refractivity contribution >= 4 is 28.8 Å². The van der Waals surface area contributed by atoms with E-state index in [1.54, 1.807) is 41.4 Å². The molecule has 0 saturated heterocycles. The first-order valence-electron chi connectivity index (χ1n) is 8.59. The molecule has 138 valence electrons. The Labute approximate surface area is 162 Å². The van der Waals surface area contributed by atoms with E-state index in [1.165, 1.54) is 6.08 Å². The third-order valence-electron chi connectivity index (χ3n) is 4.11. The Bertz CT molecular complexity index is 1030. The van der Waals surface area contributed by atoms with E-state index in [9.17, 15) is 14.9 Å². The van der Waals surface area contributed by atoms with Crippen molar-refractivity contribution in [2.45, 2.75) is 0 Å². The molecule has 0 saturated carbocycles. The van der Waals surface area contributed by atoms with Gasteiger partial charge in [-0.1, -0.05) is 42.5 Å². The third kappa shape index (κ3) is 4.34. The molecule has 6 nitrogen and oxygen atoms in total. The molecule has 3 N–H and O–H groups in total. The van der Waals surface area contributed by atoms with Gasteiger partial charge in [0, 0.05) is 23.1 Å². The number of benzene rings is 2. The van der Waals surface area contributed by atoms with Crippen molar-refractivity contribution in [1.29, 1.82) is 5.26 Å². The van der Waals surface area contributed by atoms with Crippen molar-refractivity contribution in [3.8, 4) is 6.07 Å². The lowest BCUT2D eigenvalue weighted by Gasteiger charge is -2.26. The number of para-hydroxylation sites is 2. The fourth-order valence-corrected chi connectivity index (χ4v) is 2.82. The van der Waals surface area contributed by atoms with Crippen LogP contribution in [0.1, 0.15) is 5.56 Å². The second-order valence-corrected chi connectivity index (χ2v) is 6.06. The van der Waals surface area contributed by atoms with Gasteiger partial charge in [-0.25, -0.2) is 0 Å². The molecule has 1 aliphatic heterocycles. The van der Waals surface area contributed by atoms with Crippen LogP contribution in [0.15, 0.2) is 84.6 Å². The lowest BCUT2D eigenvalue weighted by atomic mass is 9.99. The van der Waals surface area contributed by atoms with Gasteiger partial charge in [0.1, 0.15) is 18.2 Å². The van der Waals surface area contributed by atoms with Crippen LogP contribution in [0.4, 0.5) is 11.4 Å². The number of hydrogen-bond donors (Lipinski definition) is 2. The molecule has 0 aliphatic carbocycles. The SMILES string of the molecule is N#CC(=CC=C1C=CN(CC(N)=O)c2ccccc21)C(=O)Nc1ccccc1. The molecule has 0 spiro atoms. The maximum atomic E-state index is 12.3. The zero-order valence-corrected chi connectivity index (χ0v) is 15.0. The summed E-state index contributed by atoms with van der Waals surface area (Å²) in [6.07, 6.45) is 6.76. The van der Waals surface area contributed by atoms with E-state index in [0.29, 0.717) is 5.69 Å². The Hall–Kier alpha value is -4.11. The Kier molecular flexibility index (Phi) is 5.68. The monoisotopic (exact) mass is 370 g/mol. The number of allylic oxidation sites excluding steroid dienone is 4. The smallest absolute Gasteiger partial charge is 0.266 e. The topological polar surface area (TPSA) is 99.2 Å². The highest BCUT2D eigenvalue weighted by Crippen LogP contribution is 2.32. The minimum absolute atomic E-state index is 0.0122. The minimum atomic E-state index is -0.478. The molecule has 2 amide bonds. The molecule has 2 aromatic carbocycles. The number of carbonyl (C=O) groups excluding carboxylic acids is 2. The van der Waals surface area contributed by atoms with Gasteiger partial charge in [-0.15, -0.1) is 0 Å². The van der Waals surface area contributed by atoms with Crippen molar-refractivity contribution in [2.75, 3.05) is 16.8 Å². The minimum Gasteiger partial charge on any atom is -0.368 e. The summed E-state index contributed by atoms with van der Waals surface area (Å²) in [6.45, 7) is 0.0690. The number of amides is 2. The van der Waals surface area contributed by atoms with Gasteiger partial charge in [-0.3, -0.25) is 9.59 Å². The van der Waals surface area contributed by atoms with Gasteiger partial charge in [0.15, 0.2) is 0 Å². The summed E-state index contributed by atoms with van der Waals surface area (Å²) in [5, 5.41) is 12.0. The maximum Gasteiger partial charge on any atom is 0.266 e. The van der Waals surface area contributed by atoms with Gasteiger partial charge in [-0.05, 0) is 35.9 Å². The molecule has 0 fully saturated rings. The van der Waals surface area contributed by atoms with Crippen LogP contribution < -0.4 is 16.0 Å². The second kappa shape index (κ2) is 8.52. The van der Waals surface area contributed by atoms with Gasteiger partial charge < -0.3 is 16.0 Å². The summed E-state index contributed by atoms with van der Waals surface area (Å²) >= 11 is 0. The Morgan fingerprint density at radius 2 is 1.82 bits per heavy atom. The number of rotatable bonds is 5. The van der Waals surface area contributed by atoms with E-state index in [4.69, 9.17) is 5.73 Å². The molecule has 1 heterocycles. The van der Waals surface area contributed by atoms with E-state index in [2.05, 4.69) is 5.32 Å². The van der Waals surface area contributed by atoms with Crippen molar-refractivity contribution in [3.63, 3.8) is 0 Å². The Morgan fingerprint density at radius 3 is 2.54 bits per heavy atom. The number of carbonyl (C=O) groups is 2. The first-order valence-corrected chi connectivity index (χ1v) is 8.59. The number of primary amides is 1. The summed E-state index contributed by atoms with van der Waals surface area (Å²) in [6, 6.07) is 18.4. The van der Waals surface area contributed by atoms with Crippen molar-refractivity contribution < 1.29 is 9.59 Å². The van der Waals surface area contributed by atoms with Crippen molar-refractivity contribution in [2.24, 2.45) is 5.73 Å². The summed E-state index contributed by atoms with van der Waals surface area (Å²) in [5.74, 6) is -0.912. The van der Waals surface area contributed by atoms with Gasteiger partial charge in [-0.2, -0.15) is 5.26 Å². The number of anilines is 2. The van der Waals surface area contributed by atoms with Crippen molar-refractivity contribution in [1.82, 2.24) is 0 Å². The summed E-state index contributed by atoms with van der Waals surface area (Å²) < 4.78 is 0. The van der Waals surface area contributed by atoms with E-state index < -0.39 is 11.8 Å². The largest absolute Gasteiger partial charge is 0.368 e. The van der Waals surface area contributed by atoms with Gasteiger partial charge >= 0.3 is 0 Å². The number of nitrogens with one attached hydrogen (secondary N) is 1. The lowest BCUT2D eigenvalue weighted by molar-refractivity contribution is -0.116. The fourth-order valence-electron chi connectivity index (χ4n) is 2.82. The number of nitrogens with two attached hydrogens (primary N) is 1. The predicted molar refractivity (Wildman–Crippen MR) is 109 cm³/mol. The highest BCUT2D eigenvalue weighted by atomic mass is 16.2. The highest BCUT2D eigenvalue weighted by molar-refractivity contribution is 6.07. The van der Waals surface area contributed by atoms with Crippen LogP contribution in [0, 0.1) is 11.3 Å². The zero-order valence-electron chi connectivity index (χ0n) is 15.0. The summed E-state index contributed by atoms with van der Waals surface area (Å²) in [4.78, 5) is 25.4. The van der Waals surface area contributed by atoms with E-state index in [0.717, 1.165) is 16.8 Å². The van der Waals surface area contributed by atoms with Crippen molar-refractivity contribution in [3.05, 3.63) is 90.2 Å². The molecule has 0 bridgehead atoms. The second-order valence-electron chi connectivity index (χ2n) is 6.06. The number of hydrogen-bond acceptors (Lipinski definition) is 4. The van der Waals surface area contributed by atoms with Crippen LogP contribution in [-0.4, -0.2) is 18.4 Å². The van der Waals surface area contributed by atoms with Crippen LogP contribution in [0.3, 0.4) is 0 Å². The summed E-state index contributed by atoms with van der Waals surface area (Å²) in [5.41, 5.74) is 8.44. The van der Waals surface area contributed by atoms with E-state index >= 15 is 0 Å². The quantitative estimate of drug-likeness (QED) is 0.624. The molecule has 0 radical (unpaired) electrons. The van der Waals surface area contributed by atoms with Crippen LogP contribution >= 0.6 is 0 Å². The van der Waals surface area contributed by atoms with Gasteiger partial charge in [0.05, 0.1) is 0 Å². The average Bonchev–Trinajstić information content (AvgIpc) is 2.70. The fraction of sp³-hybridized carbons (Fsp3) is 0.0455. The molecule has 1 aliphatic rings. The number of nitriles is 1. The third-order valence-corrected chi connectivity index (χ3v) is 4.11. The molecular formula is C22H18N4O2.